The highest BCUT2D eigenvalue weighted by molar-refractivity contribution is 5.83. The van der Waals surface area contributed by atoms with E-state index in [1.165, 1.54) is 17.7 Å². The monoisotopic (exact) mass is 277 g/mol. The number of fused-ring (bicyclic) bond motifs is 1. The smallest absolute Gasteiger partial charge is 0.0998 e. The highest BCUT2D eigenvalue weighted by Crippen LogP contribution is 2.33. The molecule has 2 aliphatic heterocycles. The summed E-state index contributed by atoms with van der Waals surface area (Å²) in [4.78, 5) is 6.58. The van der Waals surface area contributed by atoms with Crippen LogP contribution in [0.3, 0.4) is 0 Å². The van der Waals surface area contributed by atoms with Crippen molar-refractivity contribution in [3.63, 3.8) is 0 Å². The molecular formula is C18H19N3. The van der Waals surface area contributed by atoms with Crippen LogP contribution in [-0.4, -0.2) is 19.8 Å². The molecule has 3 nitrogen and oxygen atoms in total. The first-order chi connectivity index (χ1) is 10.2. The lowest BCUT2D eigenvalue weighted by molar-refractivity contribution is 0.744. The standard InChI is InChI=1S/C18H19N3/c1-13-5-6-15(12-20-11-13)17-8-14-4-3-7-21(2)18(14)9-16(17)10-19/h5,8-9,11-12H,3-4,6-7H2,1-2H3. The number of allylic oxidation sites excluding steroid dienone is 3. The number of nitriles is 1. The van der Waals surface area contributed by atoms with Crippen LogP contribution in [0.2, 0.25) is 0 Å². The average molecular weight is 277 g/mol. The van der Waals surface area contributed by atoms with Gasteiger partial charge < -0.3 is 4.90 Å². The molecule has 0 saturated carbocycles. The number of aryl methyl sites for hydroxylation is 1. The van der Waals surface area contributed by atoms with Gasteiger partial charge in [-0.05, 0) is 60.6 Å². The fourth-order valence-corrected chi connectivity index (χ4v) is 2.97. The van der Waals surface area contributed by atoms with Gasteiger partial charge in [0.2, 0.25) is 0 Å². The lowest BCUT2D eigenvalue weighted by atomic mass is 9.91. The molecule has 0 radical (unpaired) electrons. The molecule has 0 unspecified atom stereocenters. The fourth-order valence-electron chi connectivity index (χ4n) is 2.97. The maximum Gasteiger partial charge on any atom is 0.0998 e. The maximum atomic E-state index is 9.51. The molecule has 106 valence electrons. The number of hydrogen-bond acceptors (Lipinski definition) is 3. The van der Waals surface area contributed by atoms with E-state index in [1.54, 1.807) is 0 Å². The number of hydrogen-bond donors (Lipinski definition) is 0. The number of benzene rings is 1. The van der Waals surface area contributed by atoms with Crippen molar-refractivity contribution in [1.29, 1.82) is 5.26 Å². The lowest BCUT2D eigenvalue weighted by Crippen LogP contribution is -2.25. The number of nitrogens with zero attached hydrogens (tertiary/aromatic N) is 3. The van der Waals surface area contributed by atoms with E-state index < -0.39 is 0 Å². The minimum absolute atomic E-state index is 0.747. The van der Waals surface area contributed by atoms with Gasteiger partial charge in [-0.25, -0.2) is 0 Å². The Morgan fingerprint density at radius 3 is 3.00 bits per heavy atom. The second-order valence-electron chi connectivity index (χ2n) is 5.75. The van der Waals surface area contributed by atoms with E-state index in [2.05, 4.69) is 35.2 Å². The van der Waals surface area contributed by atoms with Crippen molar-refractivity contribution < 1.29 is 0 Å². The second kappa shape index (κ2) is 5.57. The summed E-state index contributed by atoms with van der Waals surface area (Å²) in [7, 11) is 2.10. The molecule has 2 aliphatic rings. The van der Waals surface area contributed by atoms with E-state index in [0.717, 1.165) is 41.7 Å². The first-order valence-electron chi connectivity index (χ1n) is 7.36. The molecule has 0 aliphatic carbocycles. The lowest BCUT2D eigenvalue weighted by Gasteiger charge is -2.28. The molecule has 21 heavy (non-hydrogen) atoms. The molecule has 3 rings (SSSR count). The molecule has 0 amide bonds. The Balaban J connectivity index is 2.09. The van der Waals surface area contributed by atoms with Crippen LogP contribution in [-0.2, 0) is 6.42 Å². The van der Waals surface area contributed by atoms with Crippen LogP contribution in [0.4, 0.5) is 5.69 Å². The Bertz CT molecular complexity index is 699. The summed E-state index contributed by atoms with van der Waals surface area (Å²) < 4.78 is 0. The molecular weight excluding hydrogens is 258 g/mol. The molecule has 1 aromatic rings. The van der Waals surface area contributed by atoms with E-state index in [4.69, 9.17) is 0 Å². The number of aliphatic imine (C=N–C) groups is 1. The van der Waals surface area contributed by atoms with Gasteiger partial charge in [0.05, 0.1) is 11.6 Å². The zero-order valence-corrected chi connectivity index (χ0v) is 12.6. The van der Waals surface area contributed by atoms with Gasteiger partial charge in [0, 0.05) is 31.7 Å². The summed E-state index contributed by atoms with van der Waals surface area (Å²) in [5.74, 6) is 0. The van der Waals surface area contributed by atoms with E-state index in [0.29, 0.717) is 0 Å². The predicted molar refractivity (Wildman–Crippen MR) is 87.6 cm³/mol. The highest BCUT2D eigenvalue weighted by atomic mass is 15.1. The minimum Gasteiger partial charge on any atom is -0.374 e. The van der Waals surface area contributed by atoms with Crippen molar-refractivity contribution >= 4 is 17.5 Å². The zero-order valence-electron chi connectivity index (χ0n) is 12.6. The molecule has 0 spiro atoms. The third-order valence-corrected chi connectivity index (χ3v) is 4.19. The summed E-state index contributed by atoms with van der Waals surface area (Å²) in [6, 6.07) is 6.59. The van der Waals surface area contributed by atoms with Crippen molar-refractivity contribution in [3.05, 3.63) is 46.7 Å². The van der Waals surface area contributed by atoms with Gasteiger partial charge in [-0.1, -0.05) is 6.08 Å². The predicted octanol–water partition coefficient (Wildman–Crippen LogP) is 3.70. The van der Waals surface area contributed by atoms with Crippen LogP contribution >= 0.6 is 0 Å². The SMILES string of the molecule is CC1=CCC(c2cc3c(cc2C#N)N(C)CCC3)=CN=C1. The Hall–Kier alpha value is -2.34. The Morgan fingerprint density at radius 1 is 1.33 bits per heavy atom. The van der Waals surface area contributed by atoms with Crippen LogP contribution in [0.1, 0.15) is 36.5 Å². The quantitative estimate of drug-likeness (QED) is 0.785. The molecule has 1 aromatic carbocycles. The first kappa shape index (κ1) is 13.6. The van der Waals surface area contributed by atoms with Gasteiger partial charge >= 0.3 is 0 Å². The van der Waals surface area contributed by atoms with Crippen molar-refractivity contribution in [1.82, 2.24) is 0 Å². The van der Waals surface area contributed by atoms with Gasteiger partial charge in [-0.15, -0.1) is 0 Å². The molecule has 2 heterocycles. The average Bonchev–Trinajstić information content (AvgIpc) is 2.71. The fraction of sp³-hybridized carbons (Fsp3) is 0.333. The maximum absolute atomic E-state index is 9.51. The van der Waals surface area contributed by atoms with Crippen LogP contribution < -0.4 is 4.90 Å². The normalized spacial score (nSPS) is 17.5. The first-order valence-corrected chi connectivity index (χ1v) is 7.36. The summed E-state index contributed by atoms with van der Waals surface area (Å²) in [5, 5.41) is 9.51. The number of anilines is 1. The van der Waals surface area contributed by atoms with Crippen LogP contribution in [0.25, 0.3) is 5.57 Å². The van der Waals surface area contributed by atoms with Crippen molar-refractivity contribution in [2.45, 2.75) is 26.2 Å². The summed E-state index contributed by atoms with van der Waals surface area (Å²) in [6.07, 6.45) is 9.01. The van der Waals surface area contributed by atoms with E-state index in [1.807, 2.05) is 25.4 Å². The van der Waals surface area contributed by atoms with Crippen LogP contribution in [0, 0.1) is 11.3 Å². The van der Waals surface area contributed by atoms with E-state index >= 15 is 0 Å². The van der Waals surface area contributed by atoms with Crippen molar-refractivity contribution in [2.75, 3.05) is 18.5 Å². The van der Waals surface area contributed by atoms with E-state index in [-0.39, 0.29) is 0 Å². The van der Waals surface area contributed by atoms with Gasteiger partial charge in [0.15, 0.2) is 0 Å². The molecule has 0 atom stereocenters. The molecule has 0 aromatic heterocycles. The van der Waals surface area contributed by atoms with Crippen LogP contribution in [0.5, 0.6) is 0 Å². The van der Waals surface area contributed by atoms with E-state index in [9.17, 15) is 5.26 Å². The molecule has 0 N–H and O–H groups in total. The highest BCUT2D eigenvalue weighted by Gasteiger charge is 2.18. The van der Waals surface area contributed by atoms with Gasteiger partial charge in [0.25, 0.3) is 0 Å². The summed E-state index contributed by atoms with van der Waals surface area (Å²) in [6.45, 7) is 3.11. The summed E-state index contributed by atoms with van der Waals surface area (Å²) >= 11 is 0. The van der Waals surface area contributed by atoms with Crippen molar-refractivity contribution in [2.24, 2.45) is 4.99 Å². The molecule has 3 heteroatoms. The second-order valence-corrected chi connectivity index (χ2v) is 5.75. The molecule has 0 saturated heterocycles. The molecule has 0 fully saturated rings. The van der Waals surface area contributed by atoms with Crippen LogP contribution in [0.15, 0.2) is 35.0 Å². The van der Waals surface area contributed by atoms with Crippen molar-refractivity contribution in [3.8, 4) is 6.07 Å². The number of rotatable bonds is 1. The Kier molecular flexibility index (Phi) is 3.62. The molecule has 0 bridgehead atoms. The summed E-state index contributed by atoms with van der Waals surface area (Å²) in [5.41, 5.74) is 6.61. The minimum atomic E-state index is 0.747. The largest absolute Gasteiger partial charge is 0.374 e. The Labute approximate surface area is 125 Å². The third-order valence-electron chi connectivity index (χ3n) is 4.19. The Morgan fingerprint density at radius 2 is 2.19 bits per heavy atom. The van der Waals surface area contributed by atoms with Gasteiger partial charge in [-0.3, -0.25) is 4.99 Å². The van der Waals surface area contributed by atoms with Gasteiger partial charge in [0.1, 0.15) is 0 Å². The topological polar surface area (TPSA) is 39.4 Å². The third kappa shape index (κ3) is 2.62. The zero-order chi connectivity index (χ0) is 14.8. The van der Waals surface area contributed by atoms with Gasteiger partial charge in [-0.2, -0.15) is 5.26 Å².